The number of rotatable bonds is 5. The highest BCUT2D eigenvalue weighted by Crippen LogP contribution is 2.26. The number of carbonyl (C=O) groups is 1. The van der Waals surface area contributed by atoms with E-state index in [0.29, 0.717) is 16.5 Å². The monoisotopic (exact) mass is 424 g/mol. The molecule has 4 rings (SSSR count). The highest BCUT2D eigenvalue weighted by Gasteiger charge is 2.30. The molecule has 30 heavy (non-hydrogen) atoms. The zero-order chi connectivity index (χ0) is 21.1. The van der Waals surface area contributed by atoms with Gasteiger partial charge in [0.15, 0.2) is 11.4 Å². The Kier molecular flexibility index (Phi) is 5.77. The lowest BCUT2D eigenvalue weighted by Gasteiger charge is -2.25. The van der Waals surface area contributed by atoms with Crippen LogP contribution >= 0.6 is 11.6 Å². The Balaban J connectivity index is 1.51. The van der Waals surface area contributed by atoms with E-state index in [1.807, 2.05) is 24.3 Å². The summed E-state index contributed by atoms with van der Waals surface area (Å²) in [5.74, 6) is 2.23. The van der Waals surface area contributed by atoms with Crippen molar-refractivity contribution in [1.29, 1.82) is 0 Å². The van der Waals surface area contributed by atoms with Crippen LogP contribution in [0.25, 0.3) is 11.4 Å². The number of fused-ring (bicyclic) bond motifs is 1. The van der Waals surface area contributed by atoms with Gasteiger partial charge < -0.3 is 14.6 Å². The summed E-state index contributed by atoms with van der Waals surface area (Å²) < 4.78 is 8.08. The van der Waals surface area contributed by atoms with Crippen LogP contribution in [0.15, 0.2) is 48.5 Å². The fourth-order valence-electron chi connectivity index (χ4n) is 3.56. The molecule has 7 heteroatoms. The fourth-order valence-corrected chi connectivity index (χ4v) is 3.69. The molecule has 1 N–H and O–H groups in total. The normalized spacial score (nSPS) is 14.0. The molecule has 0 saturated carbocycles. The molecule has 6 nitrogen and oxygen atoms in total. The minimum Gasteiger partial charge on any atom is -0.478 e. The Hall–Kier alpha value is -2.86. The third-order valence-corrected chi connectivity index (χ3v) is 5.47. The third kappa shape index (κ3) is 4.49. The number of halogens is 1. The Morgan fingerprint density at radius 2 is 1.90 bits per heavy atom. The second-order valence-corrected chi connectivity index (χ2v) is 8.44. The van der Waals surface area contributed by atoms with Crippen molar-refractivity contribution in [2.75, 3.05) is 5.32 Å². The van der Waals surface area contributed by atoms with Crippen molar-refractivity contribution >= 4 is 23.2 Å². The van der Waals surface area contributed by atoms with Gasteiger partial charge in [0.2, 0.25) is 0 Å². The number of anilines is 1. The Morgan fingerprint density at radius 3 is 2.70 bits per heavy atom. The first-order valence-electron chi connectivity index (χ1n) is 10.2. The van der Waals surface area contributed by atoms with Gasteiger partial charge in [0.05, 0.1) is 0 Å². The van der Waals surface area contributed by atoms with E-state index < -0.39 is 5.60 Å². The van der Waals surface area contributed by atoms with Crippen molar-refractivity contribution in [3.05, 3.63) is 59.4 Å². The van der Waals surface area contributed by atoms with Gasteiger partial charge in [0.1, 0.15) is 11.6 Å². The van der Waals surface area contributed by atoms with Crippen molar-refractivity contribution in [3.8, 4) is 17.1 Å². The molecule has 1 aliphatic heterocycles. The number of benzene rings is 2. The molecule has 0 atom stereocenters. The maximum Gasteiger partial charge on any atom is 0.267 e. The number of carbonyl (C=O) groups excluding carboxylic acids is 1. The zero-order valence-corrected chi connectivity index (χ0v) is 17.9. The number of nitrogens with one attached hydrogen (secondary N) is 1. The molecule has 0 aliphatic carbocycles. The van der Waals surface area contributed by atoms with Crippen LogP contribution in [0, 0.1) is 0 Å². The minimum atomic E-state index is -1.06. The predicted octanol–water partition coefficient (Wildman–Crippen LogP) is 5.12. The minimum absolute atomic E-state index is 0.241. The molecule has 156 valence electrons. The summed E-state index contributed by atoms with van der Waals surface area (Å²) in [7, 11) is 0. The van der Waals surface area contributed by atoms with Crippen LogP contribution in [0.2, 0.25) is 5.02 Å². The molecule has 0 bridgehead atoms. The van der Waals surface area contributed by atoms with Crippen molar-refractivity contribution < 1.29 is 9.53 Å². The second-order valence-electron chi connectivity index (χ2n) is 8.00. The first kappa shape index (κ1) is 20.4. The first-order chi connectivity index (χ1) is 14.4. The fraction of sp³-hybridized carbons (Fsp3) is 0.348. The molecular formula is C23H25ClN4O2. The van der Waals surface area contributed by atoms with Crippen LogP contribution in [-0.2, 0) is 17.8 Å². The summed E-state index contributed by atoms with van der Waals surface area (Å²) in [6.45, 7) is 4.40. The predicted molar refractivity (Wildman–Crippen MR) is 118 cm³/mol. The van der Waals surface area contributed by atoms with Gasteiger partial charge in [-0.2, -0.15) is 0 Å². The van der Waals surface area contributed by atoms with Crippen molar-refractivity contribution in [2.24, 2.45) is 0 Å². The third-order valence-electron chi connectivity index (χ3n) is 5.22. The van der Waals surface area contributed by atoms with Crippen molar-refractivity contribution in [1.82, 2.24) is 14.8 Å². The molecule has 0 unspecified atom stereocenters. The van der Waals surface area contributed by atoms with Gasteiger partial charge in [-0.1, -0.05) is 30.2 Å². The summed E-state index contributed by atoms with van der Waals surface area (Å²) >= 11 is 5.92. The number of nitrogens with zero attached hydrogens (tertiary/aromatic N) is 3. The number of hydrogen-bond donors (Lipinski definition) is 1. The maximum atomic E-state index is 12.9. The van der Waals surface area contributed by atoms with Crippen LogP contribution in [0.4, 0.5) is 5.69 Å². The van der Waals surface area contributed by atoms with E-state index in [2.05, 4.69) is 20.1 Å². The lowest BCUT2D eigenvalue weighted by molar-refractivity contribution is -0.128. The van der Waals surface area contributed by atoms with E-state index >= 15 is 0 Å². The summed E-state index contributed by atoms with van der Waals surface area (Å²) in [5.41, 5.74) is 0.566. The van der Waals surface area contributed by atoms with E-state index in [0.717, 1.165) is 43.0 Å². The summed E-state index contributed by atoms with van der Waals surface area (Å²) in [6, 6.07) is 14.6. The zero-order valence-electron chi connectivity index (χ0n) is 17.2. The molecule has 0 fully saturated rings. The van der Waals surface area contributed by atoms with E-state index in [-0.39, 0.29) is 5.91 Å². The molecule has 0 spiro atoms. The van der Waals surface area contributed by atoms with Gasteiger partial charge in [0.25, 0.3) is 5.91 Å². The SMILES string of the molecule is CC(C)(Oc1ccc(Cl)cc1)C(=O)Nc1cccc(-c2nnc3n2CCCCC3)c1. The Labute approximate surface area is 181 Å². The van der Waals surface area contributed by atoms with Gasteiger partial charge in [-0.05, 0) is 63.1 Å². The maximum absolute atomic E-state index is 12.9. The number of aromatic nitrogens is 3. The lowest BCUT2D eigenvalue weighted by atomic mass is 10.1. The average Bonchev–Trinajstić information content (AvgIpc) is 2.98. The summed E-state index contributed by atoms with van der Waals surface area (Å²) in [6.07, 6.45) is 4.45. The van der Waals surface area contributed by atoms with Gasteiger partial charge >= 0.3 is 0 Å². The molecule has 2 aromatic carbocycles. The highest BCUT2D eigenvalue weighted by atomic mass is 35.5. The molecule has 1 aliphatic rings. The molecule has 1 aromatic heterocycles. The number of ether oxygens (including phenoxy) is 1. The Bertz CT molecular complexity index is 1040. The Morgan fingerprint density at radius 1 is 1.10 bits per heavy atom. The van der Waals surface area contributed by atoms with Crippen LogP contribution in [-0.4, -0.2) is 26.3 Å². The standard InChI is InChI=1S/C23H25ClN4O2/c1-23(2,30-19-12-10-17(24)11-13-19)22(29)25-18-8-6-7-16(15-18)21-27-26-20-9-4-3-5-14-28(20)21/h6-8,10-13,15H,3-5,9,14H2,1-2H3,(H,25,29). The highest BCUT2D eigenvalue weighted by molar-refractivity contribution is 6.30. The summed E-state index contributed by atoms with van der Waals surface area (Å²) in [5, 5.41) is 12.4. The number of hydrogen-bond acceptors (Lipinski definition) is 4. The number of aryl methyl sites for hydroxylation is 1. The van der Waals surface area contributed by atoms with E-state index in [4.69, 9.17) is 16.3 Å². The van der Waals surface area contributed by atoms with Crippen LogP contribution < -0.4 is 10.1 Å². The number of amides is 1. The van der Waals surface area contributed by atoms with Crippen LogP contribution in [0.3, 0.4) is 0 Å². The van der Waals surface area contributed by atoms with Gasteiger partial charge in [-0.3, -0.25) is 4.79 Å². The molecule has 3 aromatic rings. The molecule has 0 saturated heterocycles. The largest absolute Gasteiger partial charge is 0.478 e. The average molecular weight is 425 g/mol. The van der Waals surface area contributed by atoms with Gasteiger partial charge in [-0.25, -0.2) is 0 Å². The van der Waals surface area contributed by atoms with Crippen molar-refractivity contribution in [2.45, 2.75) is 51.7 Å². The first-order valence-corrected chi connectivity index (χ1v) is 10.6. The van der Waals surface area contributed by atoms with E-state index in [1.165, 1.54) is 6.42 Å². The quantitative estimate of drug-likeness (QED) is 0.617. The smallest absolute Gasteiger partial charge is 0.267 e. The van der Waals surface area contributed by atoms with E-state index in [9.17, 15) is 4.79 Å². The van der Waals surface area contributed by atoms with Gasteiger partial charge in [0, 0.05) is 29.2 Å². The van der Waals surface area contributed by atoms with E-state index in [1.54, 1.807) is 38.1 Å². The topological polar surface area (TPSA) is 69.0 Å². The van der Waals surface area contributed by atoms with Crippen LogP contribution in [0.1, 0.15) is 38.9 Å². The van der Waals surface area contributed by atoms with Crippen molar-refractivity contribution in [3.63, 3.8) is 0 Å². The molecule has 2 heterocycles. The second kappa shape index (κ2) is 8.48. The summed E-state index contributed by atoms with van der Waals surface area (Å²) in [4.78, 5) is 12.9. The molecule has 0 radical (unpaired) electrons. The van der Waals surface area contributed by atoms with Crippen LogP contribution in [0.5, 0.6) is 5.75 Å². The molecule has 1 amide bonds. The molecular weight excluding hydrogens is 400 g/mol. The lowest BCUT2D eigenvalue weighted by Crippen LogP contribution is -2.42. The van der Waals surface area contributed by atoms with Gasteiger partial charge in [-0.15, -0.1) is 10.2 Å².